The Morgan fingerprint density at radius 2 is 1.82 bits per heavy atom. The SMILES string of the molecule is Cc1nc(NOc2ccc(F)cc2)nc(N2CCc3ccccc3C2C)c1C. The van der Waals surface area contributed by atoms with Gasteiger partial charge >= 0.3 is 0 Å². The molecule has 1 aliphatic heterocycles. The molecule has 2 aromatic carbocycles. The molecule has 0 fully saturated rings. The van der Waals surface area contributed by atoms with Crippen LogP contribution in [0.5, 0.6) is 5.75 Å². The summed E-state index contributed by atoms with van der Waals surface area (Å²) in [4.78, 5) is 17.0. The minimum atomic E-state index is -0.309. The van der Waals surface area contributed by atoms with Crippen molar-refractivity contribution < 1.29 is 9.23 Å². The highest BCUT2D eigenvalue weighted by molar-refractivity contribution is 5.55. The van der Waals surface area contributed by atoms with Crippen molar-refractivity contribution in [2.24, 2.45) is 0 Å². The zero-order valence-corrected chi connectivity index (χ0v) is 16.2. The lowest BCUT2D eigenvalue weighted by Gasteiger charge is -2.37. The van der Waals surface area contributed by atoms with Crippen LogP contribution in [0.2, 0.25) is 0 Å². The smallest absolute Gasteiger partial charge is 0.258 e. The average Bonchev–Trinajstić information content (AvgIpc) is 2.71. The number of aryl methyl sites for hydroxylation is 1. The maximum atomic E-state index is 13.0. The van der Waals surface area contributed by atoms with Crippen molar-refractivity contribution in [1.82, 2.24) is 9.97 Å². The quantitative estimate of drug-likeness (QED) is 0.663. The molecule has 0 spiro atoms. The molecule has 5 nitrogen and oxygen atoms in total. The third kappa shape index (κ3) is 3.50. The van der Waals surface area contributed by atoms with Gasteiger partial charge < -0.3 is 9.74 Å². The lowest BCUT2D eigenvalue weighted by Crippen LogP contribution is -2.35. The number of fused-ring (bicyclic) bond motifs is 1. The van der Waals surface area contributed by atoms with E-state index in [1.807, 2.05) is 13.8 Å². The molecule has 1 unspecified atom stereocenters. The second-order valence-corrected chi connectivity index (χ2v) is 7.06. The second kappa shape index (κ2) is 7.46. The van der Waals surface area contributed by atoms with Crippen LogP contribution in [0.3, 0.4) is 0 Å². The summed E-state index contributed by atoms with van der Waals surface area (Å²) in [5, 5.41) is 0. The van der Waals surface area contributed by atoms with E-state index in [-0.39, 0.29) is 11.9 Å². The summed E-state index contributed by atoms with van der Waals surface area (Å²) in [5.41, 5.74) is 7.47. The molecular formula is C22H23FN4O. The fraction of sp³-hybridized carbons (Fsp3) is 0.273. The van der Waals surface area contributed by atoms with E-state index >= 15 is 0 Å². The summed E-state index contributed by atoms with van der Waals surface area (Å²) in [6.07, 6.45) is 0.984. The Labute approximate surface area is 164 Å². The molecular weight excluding hydrogens is 355 g/mol. The van der Waals surface area contributed by atoms with E-state index in [0.29, 0.717) is 11.7 Å². The van der Waals surface area contributed by atoms with Gasteiger partial charge in [0.25, 0.3) is 5.95 Å². The minimum Gasteiger partial charge on any atom is -0.379 e. The van der Waals surface area contributed by atoms with E-state index in [4.69, 9.17) is 9.82 Å². The van der Waals surface area contributed by atoms with Crippen molar-refractivity contribution in [3.05, 3.63) is 76.7 Å². The lowest BCUT2D eigenvalue weighted by molar-refractivity contribution is 0.397. The lowest BCUT2D eigenvalue weighted by atomic mass is 9.93. The van der Waals surface area contributed by atoms with Gasteiger partial charge in [0, 0.05) is 17.8 Å². The molecule has 0 amide bonds. The molecule has 1 aromatic heterocycles. The minimum absolute atomic E-state index is 0.226. The first kappa shape index (κ1) is 18.2. The van der Waals surface area contributed by atoms with Crippen molar-refractivity contribution in [3.63, 3.8) is 0 Å². The van der Waals surface area contributed by atoms with Crippen molar-refractivity contribution in [2.45, 2.75) is 33.2 Å². The van der Waals surface area contributed by atoms with Gasteiger partial charge in [0.15, 0.2) is 5.75 Å². The average molecular weight is 378 g/mol. The Kier molecular flexibility index (Phi) is 4.86. The van der Waals surface area contributed by atoms with Crippen LogP contribution in [-0.4, -0.2) is 16.5 Å². The molecule has 0 saturated carbocycles. The van der Waals surface area contributed by atoms with Gasteiger partial charge in [-0.25, -0.2) is 9.37 Å². The molecule has 1 aliphatic rings. The number of hydrogen-bond acceptors (Lipinski definition) is 5. The predicted molar refractivity (Wildman–Crippen MR) is 108 cm³/mol. The van der Waals surface area contributed by atoms with Crippen LogP contribution in [0.15, 0.2) is 48.5 Å². The third-order valence-electron chi connectivity index (χ3n) is 5.30. The van der Waals surface area contributed by atoms with Crippen molar-refractivity contribution in [1.29, 1.82) is 0 Å². The summed E-state index contributed by atoms with van der Waals surface area (Å²) in [6.45, 7) is 7.11. The second-order valence-electron chi connectivity index (χ2n) is 7.06. The van der Waals surface area contributed by atoms with E-state index in [1.54, 1.807) is 12.1 Å². The van der Waals surface area contributed by atoms with Gasteiger partial charge in [-0.2, -0.15) is 10.5 Å². The summed E-state index contributed by atoms with van der Waals surface area (Å²) in [7, 11) is 0. The highest BCUT2D eigenvalue weighted by Crippen LogP contribution is 2.34. The molecule has 3 aromatic rings. The number of nitrogens with one attached hydrogen (secondary N) is 1. The Hall–Kier alpha value is -3.15. The van der Waals surface area contributed by atoms with Gasteiger partial charge in [-0.3, -0.25) is 0 Å². The third-order valence-corrected chi connectivity index (χ3v) is 5.30. The highest BCUT2D eigenvalue weighted by Gasteiger charge is 2.26. The molecule has 0 saturated heterocycles. The predicted octanol–water partition coefficient (Wildman–Crippen LogP) is 4.76. The Bertz CT molecular complexity index is 990. The van der Waals surface area contributed by atoms with Crippen LogP contribution in [0, 0.1) is 19.7 Å². The first-order chi connectivity index (χ1) is 13.5. The van der Waals surface area contributed by atoms with Gasteiger partial charge in [0.1, 0.15) is 11.6 Å². The van der Waals surface area contributed by atoms with Crippen molar-refractivity contribution in [3.8, 4) is 5.75 Å². The van der Waals surface area contributed by atoms with Crippen LogP contribution in [-0.2, 0) is 6.42 Å². The van der Waals surface area contributed by atoms with E-state index in [9.17, 15) is 4.39 Å². The normalized spacial score (nSPS) is 15.9. The summed E-state index contributed by atoms with van der Waals surface area (Å²) in [6, 6.07) is 14.6. The molecule has 0 aliphatic carbocycles. The molecule has 2 heterocycles. The number of benzene rings is 2. The number of aromatic nitrogens is 2. The number of halogens is 1. The standard InChI is InChI=1S/C22H23FN4O/c1-14-15(2)24-22(26-28-19-10-8-18(23)9-11-19)25-21(14)27-13-12-17-6-4-5-7-20(17)16(27)3/h4-11,16H,12-13H2,1-3H3,(H,24,25,26). The summed E-state index contributed by atoms with van der Waals surface area (Å²) in [5.74, 6) is 1.47. The Morgan fingerprint density at radius 3 is 2.61 bits per heavy atom. The molecule has 144 valence electrons. The fourth-order valence-corrected chi connectivity index (χ4v) is 3.61. The van der Waals surface area contributed by atoms with Gasteiger partial charge in [-0.1, -0.05) is 24.3 Å². The van der Waals surface area contributed by atoms with Crippen LogP contribution in [0.1, 0.15) is 35.3 Å². The maximum Gasteiger partial charge on any atom is 0.258 e. The van der Waals surface area contributed by atoms with Crippen LogP contribution in [0.25, 0.3) is 0 Å². The van der Waals surface area contributed by atoms with Crippen molar-refractivity contribution >= 4 is 11.8 Å². The van der Waals surface area contributed by atoms with Gasteiger partial charge in [0.2, 0.25) is 0 Å². The summed E-state index contributed by atoms with van der Waals surface area (Å²) >= 11 is 0. The molecule has 0 radical (unpaired) electrons. The fourth-order valence-electron chi connectivity index (χ4n) is 3.61. The molecule has 1 atom stereocenters. The number of nitrogens with zero attached hydrogens (tertiary/aromatic N) is 3. The maximum absolute atomic E-state index is 13.0. The molecule has 1 N–H and O–H groups in total. The number of anilines is 2. The first-order valence-corrected chi connectivity index (χ1v) is 9.41. The van der Waals surface area contributed by atoms with Gasteiger partial charge in [-0.05, 0) is 62.6 Å². The Morgan fingerprint density at radius 1 is 1.07 bits per heavy atom. The van der Waals surface area contributed by atoms with Gasteiger partial charge in [0.05, 0.1) is 6.04 Å². The molecule has 28 heavy (non-hydrogen) atoms. The zero-order valence-electron chi connectivity index (χ0n) is 16.2. The van der Waals surface area contributed by atoms with Crippen LogP contribution >= 0.6 is 0 Å². The van der Waals surface area contributed by atoms with E-state index in [2.05, 4.69) is 46.6 Å². The monoisotopic (exact) mass is 378 g/mol. The number of rotatable bonds is 4. The van der Waals surface area contributed by atoms with Crippen molar-refractivity contribution in [2.75, 3.05) is 16.9 Å². The Balaban J connectivity index is 1.60. The first-order valence-electron chi connectivity index (χ1n) is 9.41. The topological polar surface area (TPSA) is 50.3 Å². The van der Waals surface area contributed by atoms with Crippen LogP contribution < -0.4 is 15.2 Å². The van der Waals surface area contributed by atoms with E-state index in [0.717, 1.165) is 30.0 Å². The zero-order chi connectivity index (χ0) is 19.7. The highest BCUT2D eigenvalue weighted by atomic mass is 19.1. The largest absolute Gasteiger partial charge is 0.379 e. The van der Waals surface area contributed by atoms with Crippen LogP contribution in [0.4, 0.5) is 16.2 Å². The summed E-state index contributed by atoms with van der Waals surface area (Å²) < 4.78 is 13.0. The molecule has 0 bridgehead atoms. The number of hydrogen-bond donors (Lipinski definition) is 1. The van der Waals surface area contributed by atoms with E-state index < -0.39 is 0 Å². The van der Waals surface area contributed by atoms with E-state index in [1.165, 1.54) is 23.3 Å². The molecule has 4 rings (SSSR count). The van der Waals surface area contributed by atoms with Gasteiger partial charge in [-0.15, -0.1) is 0 Å². The molecule has 6 heteroatoms.